The van der Waals surface area contributed by atoms with E-state index in [4.69, 9.17) is 9.72 Å². The van der Waals surface area contributed by atoms with Crippen molar-refractivity contribution in [2.75, 3.05) is 6.54 Å². The maximum Gasteiger partial charge on any atom is 0.218 e. The van der Waals surface area contributed by atoms with Gasteiger partial charge < -0.3 is 20.5 Å². The third-order valence-electron chi connectivity index (χ3n) is 7.22. The smallest absolute Gasteiger partial charge is 0.218 e. The van der Waals surface area contributed by atoms with E-state index >= 15 is 0 Å². The van der Waals surface area contributed by atoms with E-state index in [1.54, 1.807) is 12.1 Å². The number of halogens is 1. The lowest BCUT2D eigenvalue weighted by Crippen LogP contribution is -2.50. The minimum atomic E-state index is -0.853. The van der Waals surface area contributed by atoms with E-state index in [0.29, 0.717) is 12.3 Å². The van der Waals surface area contributed by atoms with E-state index in [9.17, 15) is 14.3 Å². The molecule has 1 aliphatic heterocycles. The average molecular weight is 498 g/mol. The average Bonchev–Trinajstić information content (AvgIpc) is 3.23. The molecule has 6 nitrogen and oxygen atoms in total. The zero-order valence-electron chi connectivity index (χ0n) is 21.9. The number of benzene rings is 1. The van der Waals surface area contributed by atoms with E-state index in [0.717, 1.165) is 49.7 Å². The molecular weight excluding hydrogens is 457 g/mol. The van der Waals surface area contributed by atoms with Gasteiger partial charge >= 0.3 is 0 Å². The maximum atomic E-state index is 13.7. The van der Waals surface area contributed by atoms with Gasteiger partial charge in [-0.25, -0.2) is 9.37 Å². The molecule has 3 atom stereocenters. The lowest BCUT2D eigenvalue weighted by molar-refractivity contribution is -0.120. The number of carbonyl (C=O) groups excluding carboxylic acids is 1. The molecule has 0 bridgehead atoms. The fraction of sp³-hybridized carbons (Fsp3) is 0.586. The Bertz CT molecular complexity index is 1060. The Morgan fingerprint density at radius 3 is 2.67 bits per heavy atom. The summed E-state index contributed by atoms with van der Waals surface area (Å²) in [7, 11) is 0. The van der Waals surface area contributed by atoms with Crippen molar-refractivity contribution in [1.82, 2.24) is 15.6 Å². The first-order chi connectivity index (χ1) is 17.0. The Labute approximate surface area is 214 Å². The van der Waals surface area contributed by atoms with Crippen LogP contribution in [0, 0.1) is 11.2 Å². The zero-order chi connectivity index (χ0) is 25.9. The number of ether oxygens (including phenoxy) is 1. The number of fused-ring (bicyclic) bond motifs is 1. The van der Waals surface area contributed by atoms with Crippen LogP contribution in [0.15, 0.2) is 36.5 Å². The van der Waals surface area contributed by atoms with Crippen LogP contribution in [0.4, 0.5) is 4.39 Å². The molecule has 1 aliphatic carbocycles. The van der Waals surface area contributed by atoms with Crippen molar-refractivity contribution in [1.29, 1.82) is 0 Å². The first-order valence-electron chi connectivity index (χ1n) is 13.1. The monoisotopic (exact) mass is 497 g/mol. The molecule has 0 radical (unpaired) electrons. The van der Waals surface area contributed by atoms with Gasteiger partial charge in [-0.2, -0.15) is 0 Å². The zero-order valence-corrected chi connectivity index (χ0v) is 21.9. The van der Waals surface area contributed by atoms with Gasteiger partial charge in [0.15, 0.2) is 0 Å². The van der Waals surface area contributed by atoms with Crippen molar-refractivity contribution in [3.8, 4) is 5.88 Å². The Kier molecular flexibility index (Phi) is 8.00. The topological polar surface area (TPSA) is 83.5 Å². The highest BCUT2D eigenvalue weighted by Crippen LogP contribution is 2.46. The number of amides is 1. The highest BCUT2D eigenvalue weighted by Gasteiger charge is 2.44. The first-order valence-corrected chi connectivity index (χ1v) is 13.1. The number of hydrogen-bond acceptors (Lipinski definition) is 5. The van der Waals surface area contributed by atoms with Crippen molar-refractivity contribution in [3.63, 3.8) is 0 Å². The largest absolute Gasteiger partial charge is 0.471 e. The molecule has 2 heterocycles. The third-order valence-corrected chi connectivity index (χ3v) is 7.22. The minimum absolute atomic E-state index is 0.0129. The molecule has 7 heteroatoms. The summed E-state index contributed by atoms with van der Waals surface area (Å²) < 4.78 is 20.2. The predicted molar refractivity (Wildman–Crippen MR) is 138 cm³/mol. The van der Waals surface area contributed by atoms with Crippen molar-refractivity contribution in [2.24, 2.45) is 5.41 Å². The van der Waals surface area contributed by atoms with Crippen molar-refractivity contribution in [3.05, 3.63) is 59.0 Å². The Balaban J connectivity index is 1.52. The van der Waals surface area contributed by atoms with Gasteiger partial charge in [-0.05, 0) is 73.3 Å². The molecule has 1 aromatic heterocycles. The maximum absolute atomic E-state index is 13.7. The van der Waals surface area contributed by atoms with Gasteiger partial charge in [0.25, 0.3) is 0 Å². The molecule has 196 valence electrons. The van der Waals surface area contributed by atoms with Crippen LogP contribution in [-0.4, -0.2) is 40.3 Å². The van der Waals surface area contributed by atoms with Gasteiger partial charge in [0, 0.05) is 37.7 Å². The fourth-order valence-corrected chi connectivity index (χ4v) is 5.66. The van der Waals surface area contributed by atoms with Crippen LogP contribution in [0.5, 0.6) is 5.88 Å². The molecule has 0 unspecified atom stereocenters. The van der Waals surface area contributed by atoms with Crippen molar-refractivity contribution in [2.45, 2.75) is 96.4 Å². The normalized spacial score (nSPS) is 20.4. The number of nitrogens with zero attached hydrogens (tertiary/aromatic N) is 1. The SMILES string of the molecule is CC(=O)N[C@@H](Cc1cccc(F)c1)[C@H](O)CN[C@H]1CC2(CCCC2)Oc2ncc(CC(C)(C)C)cc21. The van der Waals surface area contributed by atoms with Gasteiger partial charge in [-0.1, -0.05) is 32.9 Å². The van der Waals surface area contributed by atoms with E-state index < -0.39 is 12.1 Å². The van der Waals surface area contributed by atoms with Gasteiger partial charge in [-0.15, -0.1) is 0 Å². The van der Waals surface area contributed by atoms with Gasteiger partial charge in [0.05, 0.1) is 12.1 Å². The molecule has 1 fully saturated rings. The van der Waals surface area contributed by atoms with Crippen LogP contribution in [0.3, 0.4) is 0 Å². The van der Waals surface area contributed by atoms with Crippen molar-refractivity contribution < 1.29 is 19.0 Å². The number of carbonyl (C=O) groups is 1. The summed E-state index contributed by atoms with van der Waals surface area (Å²) >= 11 is 0. The number of aliphatic hydroxyl groups excluding tert-OH is 1. The second-order valence-electron chi connectivity index (χ2n) is 11.8. The molecule has 1 aromatic carbocycles. The summed E-state index contributed by atoms with van der Waals surface area (Å²) in [5.41, 5.74) is 2.85. The lowest BCUT2D eigenvalue weighted by Gasteiger charge is -2.40. The molecule has 2 aromatic rings. The number of rotatable bonds is 8. The summed E-state index contributed by atoms with van der Waals surface area (Å²) in [6, 6.07) is 7.91. The Morgan fingerprint density at radius 1 is 1.25 bits per heavy atom. The predicted octanol–water partition coefficient (Wildman–Crippen LogP) is 4.64. The summed E-state index contributed by atoms with van der Waals surface area (Å²) in [6.07, 6.45) is 7.44. The second-order valence-corrected chi connectivity index (χ2v) is 11.8. The molecule has 3 N–H and O–H groups in total. The summed E-state index contributed by atoms with van der Waals surface area (Å²) in [5.74, 6) is 0.125. The van der Waals surface area contributed by atoms with Crippen LogP contribution >= 0.6 is 0 Å². The number of aliphatic hydroxyl groups is 1. The van der Waals surface area contributed by atoms with Crippen LogP contribution in [0.2, 0.25) is 0 Å². The number of hydrogen-bond donors (Lipinski definition) is 3. The summed E-state index contributed by atoms with van der Waals surface area (Å²) in [4.78, 5) is 16.6. The molecular formula is C29H40FN3O3. The van der Waals surface area contributed by atoms with Crippen LogP contribution < -0.4 is 15.4 Å². The Hall–Kier alpha value is -2.51. The molecule has 4 rings (SSSR count). The number of nitrogens with one attached hydrogen (secondary N) is 2. The molecule has 1 saturated carbocycles. The molecule has 1 amide bonds. The van der Waals surface area contributed by atoms with Gasteiger partial charge in [0.1, 0.15) is 11.4 Å². The minimum Gasteiger partial charge on any atom is -0.471 e. The molecule has 1 spiro atoms. The van der Waals surface area contributed by atoms with Gasteiger partial charge in [0.2, 0.25) is 11.8 Å². The van der Waals surface area contributed by atoms with Crippen LogP contribution in [0.25, 0.3) is 0 Å². The Morgan fingerprint density at radius 2 is 2.00 bits per heavy atom. The fourth-order valence-electron chi connectivity index (χ4n) is 5.66. The standard InChI is InChI=1S/C29H40FN3O3/c1-19(34)33-24(14-20-8-7-9-22(30)12-20)26(35)18-31-25-16-29(10-5-6-11-29)36-27-23(25)13-21(17-32-27)15-28(2,3)4/h7-9,12-13,17,24-26,31,35H,5-6,10-11,14-16,18H2,1-4H3,(H,33,34)/t24-,25-,26+/m0/s1. The number of pyridine rings is 1. The quantitative estimate of drug-likeness (QED) is 0.495. The van der Waals surface area contributed by atoms with Crippen LogP contribution in [0.1, 0.15) is 82.5 Å². The number of aromatic nitrogens is 1. The molecule has 36 heavy (non-hydrogen) atoms. The second kappa shape index (κ2) is 10.9. The van der Waals surface area contributed by atoms with E-state index in [-0.39, 0.29) is 35.3 Å². The molecule has 0 saturated heterocycles. The van der Waals surface area contributed by atoms with E-state index in [1.165, 1.54) is 24.6 Å². The van der Waals surface area contributed by atoms with Crippen LogP contribution in [-0.2, 0) is 17.6 Å². The van der Waals surface area contributed by atoms with Gasteiger partial charge in [-0.3, -0.25) is 4.79 Å². The van der Waals surface area contributed by atoms with Crippen molar-refractivity contribution >= 4 is 5.91 Å². The molecule has 2 aliphatic rings. The highest BCUT2D eigenvalue weighted by atomic mass is 19.1. The summed E-state index contributed by atoms with van der Waals surface area (Å²) in [6.45, 7) is 8.35. The third kappa shape index (κ3) is 6.83. The first kappa shape index (κ1) is 26.6. The van der Waals surface area contributed by atoms with E-state index in [2.05, 4.69) is 37.5 Å². The lowest BCUT2D eigenvalue weighted by atomic mass is 9.84. The highest BCUT2D eigenvalue weighted by molar-refractivity contribution is 5.73. The summed E-state index contributed by atoms with van der Waals surface area (Å²) in [5, 5.41) is 17.5. The van der Waals surface area contributed by atoms with E-state index in [1.807, 2.05) is 6.20 Å².